The van der Waals surface area contributed by atoms with Gasteiger partial charge >= 0.3 is 0 Å². The number of aromatic nitrogens is 1. The predicted molar refractivity (Wildman–Crippen MR) is 129 cm³/mol. The molecule has 0 spiro atoms. The van der Waals surface area contributed by atoms with E-state index < -0.39 is 5.25 Å². The summed E-state index contributed by atoms with van der Waals surface area (Å²) in [4.78, 5) is 29.6. The number of hydrogen-bond acceptors (Lipinski definition) is 3. The lowest BCUT2D eigenvalue weighted by Gasteiger charge is -2.24. The van der Waals surface area contributed by atoms with Gasteiger partial charge in [-0.1, -0.05) is 60.7 Å². The summed E-state index contributed by atoms with van der Waals surface area (Å²) in [5.74, 6) is -0.247. The van der Waals surface area contributed by atoms with E-state index in [1.165, 1.54) is 11.8 Å². The third kappa shape index (κ3) is 4.14. The van der Waals surface area contributed by atoms with Gasteiger partial charge in [-0.05, 0) is 29.3 Å². The number of amides is 2. The number of aromatic amines is 1. The Morgan fingerprint density at radius 2 is 1.72 bits per heavy atom. The molecule has 1 aliphatic rings. The molecule has 0 fully saturated rings. The minimum atomic E-state index is -0.437. The zero-order valence-corrected chi connectivity index (χ0v) is 18.2. The monoisotopic (exact) mass is 441 g/mol. The standard InChI is InChI=1S/C26H23N3O2S/c30-25(14-24-26(31)29-22-12-6-7-13-23(22)32-24)28-15-19(17-8-2-1-3-9-17)20-16-27-21-11-5-4-10-18(20)21/h1-13,16,19,24,27H,14-15H2,(H,28,30)(H,29,31). The van der Waals surface area contributed by atoms with Crippen LogP contribution in [0.25, 0.3) is 10.9 Å². The summed E-state index contributed by atoms with van der Waals surface area (Å²) in [6, 6.07) is 26.0. The zero-order valence-electron chi connectivity index (χ0n) is 17.4. The highest BCUT2D eigenvalue weighted by atomic mass is 32.2. The number of nitrogens with one attached hydrogen (secondary N) is 3. The molecule has 1 aliphatic heterocycles. The lowest BCUT2D eigenvalue weighted by Crippen LogP contribution is -2.36. The van der Waals surface area contributed by atoms with Crippen LogP contribution in [0.4, 0.5) is 5.69 Å². The van der Waals surface area contributed by atoms with Crippen LogP contribution in [0.15, 0.2) is 90.0 Å². The number of thioether (sulfide) groups is 1. The highest BCUT2D eigenvalue weighted by Crippen LogP contribution is 2.36. The van der Waals surface area contributed by atoms with Crippen molar-refractivity contribution in [3.63, 3.8) is 0 Å². The van der Waals surface area contributed by atoms with E-state index in [4.69, 9.17) is 0 Å². The molecule has 0 radical (unpaired) electrons. The maximum Gasteiger partial charge on any atom is 0.238 e. The number of H-pyrrole nitrogens is 1. The Bertz CT molecular complexity index is 1270. The van der Waals surface area contributed by atoms with E-state index in [2.05, 4.69) is 39.9 Å². The predicted octanol–water partition coefficient (Wildman–Crippen LogP) is 4.92. The molecule has 3 N–H and O–H groups in total. The van der Waals surface area contributed by atoms with E-state index in [0.29, 0.717) is 6.54 Å². The number of fused-ring (bicyclic) bond motifs is 2. The van der Waals surface area contributed by atoms with Crippen LogP contribution >= 0.6 is 11.8 Å². The second-order valence-electron chi connectivity index (χ2n) is 7.85. The quantitative estimate of drug-likeness (QED) is 0.398. The van der Waals surface area contributed by atoms with Gasteiger partial charge in [0, 0.05) is 40.9 Å². The molecular formula is C26H23N3O2S. The van der Waals surface area contributed by atoms with Crippen molar-refractivity contribution in [2.45, 2.75) is 22.5 Å². The number of benzene rings is 3. The Hall–Kier alpha value is -3.51. The Labute approximate surface area is 190 Å². The largest absolute Gasteiger partial charge is 0.361 e. The Balaban J connectivity index is 1.32. The van der Waals surface area contributed by atoms with E-state index in [9.17, 15) is 9.59 Å². The maximum atomic E-state index is 12.8. The number of carbonyl (C=O) groups excluding carboxylic acids is 2. The van der Waals surface area contributed by atoms with Gasteiger partial charge in [-0.25, -0.2) is 0 Å². The second kappa shape index (κ2) is 8.93. The highest BCUT2D eigenvalue weighted by Gasteiger charge is 2.29. The summed E-state index contributed by atoms with van der Waals surface area (Å²) in [7, 11) is 0. The van der Waals surface area contributed by atoms with Crippen molar-refractivity contribution in [1.29, 1.82) is 0 Å². The lowest BCUT2D eigenvalue weighted by molar-refractivity contribution is -0.124. The van der Waals surface area contributed by atoms with E-state index in [0.717, 1.165) is 32.6 Å². The molecule has 32 heavy (non-hydrogen) atoms. The van der Waals surface area contributed by atoms with Gasteiger partial charge < -0.3 is 15.6 Å². The third-order valence-electron chi connectivity index (χ3n) is 5.78. The second-order valence-corrected chi connectivity index (χ2v) is 9.10. The van der Waals surface area contributed by atoms with Crippen LogP contribution in [0.2, 0.25) is 0 Å². The SMILES string of the molecule is O=C(CC1Sc2ccccc2NC1=O)NCC(c1ccccc1)c1c[nH]c2ccccc12. The summed E-state index contributed by atoms with van der Waals surface area (Å²) in [6.07, 6.45) is 2.16. The molecule has 0 saturated heterocycles. The van der Waals surface area contributed by atoms with Gasteiger partial charge in [-0.2, -0.15) is 0 Å². The van der Waals surface area contributed by atoms with Gasteiger partial charge in [0.2, 0.25) is 11.8 Å². The van der Waals surface area contributed by atoms with Crippen molar-refractivity contribution in [2.24, 2.45) is 0 Å². The average molecular weight is 442 g/mol. The molecule has 2 unspecified atom stereocenters. The number of hydrogen-bond donors (Lipinski definition) is 3. The molecule has 0 saturated carbocycles. The number of anilines is 1. The maximum absolute atomic E-state index is 12.8. The first kappa shape index (κ1) is 20.4. The first-order valence-corrected chi connectivity index (χ1v) is 11.5. The Kier molecular flexibility index (Phi) is 5.69. The van der Waals surface area contributed by atoms with Crippen LogP contribution in [0, 0.1) is 0 Å². The molecule has 5 rings (SSSR count). The average Bonchev–Trinajstić information content (AvgIpc) is 3.24. The minimum absolute atomic E-state index is 0.00450. The highest BCUT2D eigenvalue weighted by molar-refractivity contribution is 8.01. The van der Waals surface area contributed by atoms with Gasteiger partial charge in [0.1, 0.15) is 0 Å². The molecule has 0 bridgehead atoms. The minimum Gasteiger partial charge on any atom is -0.361 e. The first-order valence-electron chi connectivity index (χ1n) is 10.6. The Morgan fingerprint density at radius 1 is 0.969 bits per heavy atom. The van der Waals surface area contributed by atoms with E-state index >= 15 is 0 Å². The molecule has 4 aromatic rings. The number of para-hydroxylation sites is 2. The summed E-state index contributed by atoms with van der Waals surface area (Å²) < 4.78 is 0. The smallest absolute Gasteiger partial charge is 0.238 e. The molecule has 2 atom stereocenters. The summed E-state index contributed by atoms with van der Waals surface area (Å²) in [5.41, 5.74) is 4.16. The Morgan fingerprint density at radius 3 is 2.59 bits per heavy atom. The summed E-state index contributed by atoms with van der Waals surface area (Å²) in [5, 5.41) is 6.70. The van der Waals surface area contributed by atoms with Crippen LogP contribution < -0.4 is 10.6 Å². The molecule has 2 amide bonds. The van der Waals surface area contributed by atoms with Gasteiger partial charge in [0.25, 0.3) is 0 Å². The first-order chi connectivity index (χ1) is 15.7. The normalized spacial score (nSPS) is 16.2. The van der Waals surface area contributed by atoms with Gasteiger partial charge in [0.15, 0.2) is 0 Å². The van der Waals surface area contributed by atoms with Crippen molar-refractivity contribution in [1.82, 2.24) is 10.3 Å². The van der Waals surface area contributed by atoms with Crippen LogP contribution in [0.3, 0.4) is 0 Å². The molecule has 2 heterocycles. The van der Waals surface area contributed by atoms with Gasteiger partial charge in [-0.15, -0.1) is 11.8 Å². The molecule has 5 nitrogen and oxygen atoms in total. The number of rotatable bonds is 6. The zero-order chi connectivity index (χ0) is 21.9. The molecule has 6 heteroatoms. The molecule has 1 aromatic heterocycles. The fourth-order valence-electron chi connectivity index (χ4n) is 4.16. The van der Waals surface area contributed by atoms with Gasteiger partial charge in [0.05, 0.1) is 10.9 Å². The molecule has 0 aliphatic carbocycles. The molecule has 3 aromatic carbocycles. The van der Waals surface area contributed by atoms with E-state index in [-0.39, 0.29) is 24.2 Å². The number of carbonyl (C=O) groups is 2. The van der Waals surface area contributed by atoms with Crippen molar-refractivity contribution in [3.8, 4) is 0 Å². The van der Waals surface area contributed by atoms with Crippen molar-refractivity contribution < 1.29 is 9.59 Å². The van der Waals surface area contributed by atoms with Crippen molar-refractivity contribution in [2.75, 3.05) is 11.9 Å². The van der Waals surface area contributed by atoms with Crippen LogP contribution in [0.5, 0.6) is 0 Å². The lowest BCUT2D eigenvalue weighted by atomic mass is 9.91. The summed E-state index contributed by atoms with van der Waals surface area (Å²) >= 11 is 1.45. The van der Waals surface area contributed by atoms with Crippen LogP contribution in [0.1, 0.15) is 23.5 Å². The molecular weight excluding hydrogens is 418 g/mol. The van der Waals surface area contributed by atoms with E-state index in [1.54, 1.807) is 0 Å². The topological polar surface area (TPSA) is 74.0 Å². The third-order valence-corrected chi connectivity index (χ3v) is 7.05. The summed E-state index contributed by atoms with van der Waals surface area (Å²) in [6.45, 7) is 0.459. The fourth-order valence-corrected chi connectivity index (χ4v) is 5.27. The molecule has 160 valence electrons. The van der Waals surface area contributed by atoms with E-state index in [1.807, 2.05) is 60.8 Å². The van der Waals surface area contributed by atoms with Crippen LogP contribution in [-0.4, -0.2) is 28.6 Å². The van der Waals surface area contributed by atoms with Crippen LogP contribution in [-0.2, 0) is 9.59 Å². The van der Waals surface area contributed by atoms with Crippen molar-refractivity contribution >= 4 is 40.2 Å². The van der Waals surface area contributed by atoms with Gasteiger partial charge in [-0.3, -0.25) is 9.59 Å². The van der Waals surface area contributed by atoms with Crippen molar-refractivity contribution in [3.05, 3.63) is 96.2 Å². The fraction of sp³-hybridized carbons (Fsp3) is 0.154.